The Morgan fingerprint density at radius 1 is 1.41 bits per heavy atom. The van der Waals surface area contributed by atoms with Gasteiger partial charge in [0.1, 0.15) is 11.6 Å². The smallest absolute Gasteiger partial charge is 0.181 e. The summed E-state index contributed by atoms with van der Waals surface area (Å²) in [5.41, 5.74) is 0.749. The summed E-state index contributed by atoms with van der Waals surface area (Å²) in [4.78, 5) is 4.50. The molecule has 0 aliphatic carbocycles. The predicted molar refractivity (Wildman–Crippen MR) is 63.1 cm³/mol. The zero-order chi connectivity index (χ0) is 11.8. The highest BCUT2D eigenvalue weighted by Gasteiger charge is 2.20. The van der Waals surface area contributed by atoms with Gasteiger partial charge in [0.05, 0.1) is 6.04 Å². The summed E-state index contributed by atoms with van der Waals surface area (Å²) in [7, 11) is 0. The van der Waals surface area contributed by atoms with Gasteiger partial charge >= 0.3 is 0 Å². The van der Waals surface area contributed by atoms with Crippen LogP contribution < -0.4 is 0 Å². The van der Waals surface area contributed by atoms with Crippen molar-refractivity contribution in [1.29, 1.82) is 0 Å². The molecule has 0 radical (unpaired) electrons. The summed E-state index contributed by atoms with van der Waals surface area (Å²) < 4.78 is 15.1. The lowest BCUT2D eigenvalue weighted by Gasteiger charge is -2.18. The Morgan fingerprint density at radius 3 is 3.06 bits per heavy atom. The van der Waals surface area contributed by atoms with E-state index >= 15 is 0 Å². The van der Waals surface area contributed by atoms with Gasteiger partial charge in [-0.05, 0) is 31.9 Å². The molecule has 1 aromatic carbocycles. The second-order valence-electron chi connectivity index (χ2n) is 4.55. The molecule has 1 atom stereocenters. The zero-order valence-electron chi connectivity index (χ0n) is 9.73. The molecular weight excluding hydrogens is 217 g/mol. The molecule has 1 aliphatic rings. The molecule has 3 rings (SSSR count). The van der Waals surface area contributed by atoms with Gasteiger partial charge < -0.3 is 0 Å². The van der Waals surface area contributed by atoms with Crippen molar-refractivity contribution in [2.75, 3.05) is 0 Å². The molecule has 0 spiro atoms. The van der Waals surface area contributed by atoms with Crippen LogP contribution in [0.5, 0.6) is 0 Å². The normalized spacial score (nSPS) is 19.1. The fourth-order valence-electron chi connectivity index (χ4n) is 2.31. The molecule has 0 saturated carbocycles. The van der Waals surface area contributed by atoms with E-state index in [9.17, 15) is 4.39 Å². The Hall–Kier alpha value is -1.71. The van der Waals surface area contributed by atoms with Crippen molar-refractivity contribution >= 4 is 0 Å². The van der Waals surface area contributed by atoms with Crippen LogP contribution in [0.25, 0.3) is 11.4 Å². The minimum absolute atomic E-state index is 0.247. The van der Waals surface area contributed by atoms with Gasteiger partial charge in [0, 0.05) is 12.0 Å². The third kappa shape index (κ3) is 1.84. The average molecular weight is 231 g/mol. The molecule has 1 unspecified atom stereocenters. The number of aryl methyl sites for hydroxylation is 1. The highest BCUT2D eigenvalue weighted by molar-refractivity contribution is 5.54. The standard InChI is InChI=1S/C13H14FN3/c1-9-4-2-7-12-15-13(16-17(9)12)10-5-3-6-11(14)8-10/h3,5-6,8-9H,2,4,7H2,1H3. The Labute approximate surface area is 99.3 Å². The molecular formula is C13H14FN3. The lowest BCUT2D eigenvalue weighted by molar-refractivity contribution is 0.389. The number of fused-ring (bicyclic) bond motifs is 1. The van der Waals surface area contributed by atoms with Crippen LogP contribution in [0.3, 0.4) is 0 Å². The largest absolute Gasteiger partial charge is 0.247 e. The van der Waals surface area contributed by atoms with Gasteiger partial charge in [-0.25, -0.2) is 14.1 Å². The van der Waals surface area contributed by atoms with E-state index in [2.05, 4.69) is 17.0 Å². The molecule has 1 aliphatic heterocycles. The SMILES string of the molecule is CC1CCCc2nc(-c3cccc(F)c3)nn21. The van der Waals surface area contributed by atoms with Crippen LogP contribution in [0.15, 0.2) is 24.3 Å². The van der Waals surface area contributed by atoms with E-state index in [1.807, 2.05) is 10.7 Å². The second kappa shape index (κ2) is 3.95. The number of nitrogens with zero attached hydrogens (tertiary/aromatic N) is 3. The van der Waals surface area contributed by atoms with Gasteiger partial charge in [0.25, 0.3) is 0 Å². The van der Waals surface area contributed by atoms with Crippen molar-refractivity contribution in [2.45, 2.75) is 32.2 Å². The average Bonchev–Trinajstić information content (AvgIpc) is 2.74. The van der Waals surface area contributed by atoms with E-state index in [0.717, 1.165) is 30.7 Å². The number of benzene rings is 1. The summed E-state index contributed by atoms with van der Waals surface area (Å²) in [6, 6.07) is 6.84. The molecule has 4 heteroatoms. The van der Waals surface area contributed by atoms with E-state index in [-0.39, 0.29) is 5.82 Å². The number of hydrogen-bond acceptors (Lipinski definition) is 2. The molecule has 0 fully saturated rings. The third-order valence-corrected chi connectivity index (χ3v) is 3.22. The van der Waals surface area contributed by atoms with Crippen molar-refractivity contribution in [1.82, 2.24) is 14.8 Å². The Bertz CT molecular complexity index is 547. The van der Waals surface area contributed by atoms with Crippen LogP contribution in [0.2, 0.25) is 0 Å². The molecule has 2 aromatic rings. The maximum atomic E-state index is 13.2. The van der Waals surface area contributed by atoms with Crippen molar-refractivity contribution < 1.29 is 4.39 Å². The summed E-state index contributed by atoms with van der Waals surface area (Å²) in [6.07, 6.45) is 3.26. The first-order chi connectivity index (χ1) is 8.24. The molecule has 0 N–H and O–H groups in total. The Morgan fingerprint density at radius 2 is 2.29 bits per heavy atom. The molecule has 0 saturated heterocycles. The number of halogens is 1. The van der Waals surface area contributed by atoms with Crippen molar-refractivity contribution in [3.63, 3.8) is 0 Å². The maximum absolute atomic E-state index is 13.2. The summed E-state index contributed by atoms with van der Waals surface area (Å²) in [6.45, 7) is 2.15. The minimum atomic E-state index is -0.247. The first kappa shape index (κ1) is 10.4. The Balaban J connectivity index is 2.05. The summed E-state index contributed by atoms with van der Waals surface area (Å²) in [5.74, 6) is 1.40. The maximum Gasteiger partial charge on any atom is 0.181 e. The van der Waals surface area contributed by atoms with Crippen LogP contribution in [-0.4, -0.2) is 14.8 Å². The minimum Gasteiger partial charge on any atom is -0.247 e. The molecule has 3 nitrogen and oxygen atoms in total. The number of rotatable bonds is 1. The van der Waals surface area contributed by atoms with Crippen LogP contribution in [0, 0.1) is 5.82 Å². The van der Waals surface area contributed by atoms with Crippen LogP contribution >= 0.6 is 0 Å². The topological polar surface area (TPSA) is 30.7 Å². The summed E-state index contributed by atoms with van der Waals surface area (Å²) in [5, 5.41) is 4.48. The lowest BCUT2D eigenvalue weighted by atomic mass is 10.1. The van der Waals surface area contributed by atoms with E-state index in [1.54, 1.807) is 6.07 Å². The monoisotopic (exact) mass is 231 g/mol. The highest BCUT2D eigenvalue weighted by atomic mass is 19.1. The van der Waals surface area contributed by atoms with Gasteiger partial charge in [-0.3, -0.25) is 0 Å². The Kier molecular flexibility index (Phi) is 2.42. The van der Waals surface area contributed by atoms with Crippen molar-refractivity contribution in [2.24, 2.45) is 0 Å². The molecule has 2 heterocycles. The fraction of sp³-hybridized carbons (Fsp3) is 0.385. The first-order valence-electron chi connectivity index (χ1n) is 5.95. The van der Waals surface area contributed by atoms with Crippen LogP contribution in [-0.2, 0) is 6.42 Å². The van der Waals surface area contributed by atoms with Gasteiger partial charge in [-0.2, -0.15) is 5.10 Å². The van der Waals surface area contributed by atoms with E-state index in [4.69, 9.17) is 0 Å². The van der Waals surface area contributed by atoms with Gasteiger partial charge in [0.15, 0.2) is 5.82 Å². The van der Waals surface area contributed by atoms with Crippen LogP contribution in [0.4, 0.5) is 4.39 Å². The van der Waals surface area contributed by atoms with Crippen LogP contribution in [0.1, 0.15) is 31.6 Å². The molecule has 0 amide bonds. The van der Waals surface area contributed by atoms with E-state index in [1.165, 1.54) is 12.1 Å². The molecule has 1 aromatic heterocycles. The molecule has 17 heavy (non-hydrogen) atoms. The van der Waals surface area contributed by atoms with Gasteiger partial charge in [0.2, 0.25) is 0 Å². The highest BCUT2D eigenvalue weighted by Crippen LogP contribution is 2.25. The quantitative estimate of drug-likeness (QED) is 0.755. The van der Waals surface area contributed by atoms with E-state index in [0.29, 0.717) is 11.9 Å². The fourth-order valence-corrected chi connectivity index (χ4v) is 2.31. The van der Waals surface area contributed by atoms with Gasteiger partial charge in [-0.15, -0.1) is 0 Å². The number of aromatic nitrogens is 3. The first-order valence-corrected chi connectivity index (χ1v) is 5.95. The predicted octanol–water partition coefficient (Wildman–Crippen LogP) is 2.98. The van der Waals surface area contributed by atoms with Gasteiger partial charge in [-0.1, -0.05) is 12.1 Å². The number of hydrogen-bond donors (Lipinski definition) is 0. The molecule has 0 bridgehead atoms. The van der Waals surface area contributed by atoms with E-state index < -0.39 is 0 Å². The second-order valence-corrected chi connectivity index (χ2v) is 4.55. The van der Waals surface area contributed by atoms with Crippen molar-refractivity contribution in [3.8, 4) is 11.4 Å². The molecule has 88 valence electrons. The van der Waals surface area contributed by atoms with Crippen molar-refractivity contribution in [3.05, 3.63) is 35.9 Å². The zero-order valence-corrected chi connectivity index (χ0v) is 9.73. The third-order valence-electron chi connectivity index (χ3n) is 3.22. The summed E-state index contributed by atoms with van der Waals surface area (Å²) >= 11 is 0. The lowest BCUT2D eigenvalue weighted by Crippen LogP contribution is -2.16.